The summed E-state index contributed by atoms with van der Waals surface area (Å²) in [5, 5.41) is 0. The molecule has 1 saturated heterocycles. The first-order chi connectivity index (χ1) is 9.18. The monoisotopic (exact) mass is 296 g/mol. The lowest BCUT2D eigenvalue weighted by Gasteiger charge is -2.37. The van der Waals surface area contributed by atoms with Crippen LogP contribution in [0, 0.1) is 0 Å². The molecular formula is C15H24N2O2S. The van der Waals surface area contributed by atoms with Crippen LogP contribution in [0.4, 0.5) is 5.69 Å². The van der Waals surface area contributed by atoms with Gasteiger partial charge in [-0.25, -0.2) is 8.42 Å². The second-order valence-corrected chi connectivity index (χ2v) is 8.23. The predicted octanol–water partition coefficient (Wildman–Crippen LogP) is 2.99. The third-order valence-electron chi connectivity index (χ3n) is 3.73. The van der Waals surface area contributed by atoms with Crippen molar-refractivity contribution in [3.63, 3.8) is 0 Å². The van der Waals surface area contributed by atoms with Gasteiger partial charge in [-0.2, -0.15) is 0 Å². The van der Waals surface area contributed by atoms with E-state index in [1.54, 1.807) is 0 Å². The molecule has 1 aliphatic heterocycles. The van der Waals surface area contributed by atoms with Crippen molar-refractivity contribution >= 4 is 15.7 Å². The summed E-state index contributed by atoms with van der Waals surface area (Å²) < 4.78 is 25.7. The Kier molecular flexibility index (Phi) is 4.12. The maximum atomic E-state index is 11.5. The SMILES string of the molecule is CC(C)(C)N1CCCC1c1ccccc1NS(C)(=O)=O. The third-order valence-corrected chi connectivity index (χ3v) is 4.32. The van der Waals surface area contributed by atoms with Gasteiger partial charge in [0.1, 0.15) is 0 Å². The van der Waals surface area contributed by atoms with Crippen molar-refractivity contribution in [3.8, 4) is 0 Å². The van der Waals surface area contributed by atoms with Gasteiger partial charge in [0.25, 0.3) is 0 Å². The van der Waals surface area contributed by atoms with Gasteiger partial charge in [0, 0.05) is 11.6 Å². The number of likely N-dealkylation sites (tertiary alicyclic amines) is 1. The average Bonchev–Trinajstić information content (AvgIpc) is 2.76. The van der Waals surface area contributed by atoms with Crippen LogP contribution in [0.5, 0.6) is 0 Å². The Hall–Kier alpha value is -1.07. The quantitative estimate of drug-likeness (QED) is 0.933. The van der Waals surface area contributed by atoms with E-state index in [1.807, 2.05) is 24.3 Å². The minimum absolute atomic E-state index is 0.0827. The molecule has 0 aliphatic carbocycles. The first kappa shape index (κ1) is 15.3. The van der Waals surface area contributed by atoms with E-state index in [1.165, 1.54) is 6.26 Å². The van der Waals surface area contributed by atoms with Crippen molar-refractivity contribution in [1.82, 2.24) is 4.90 Å². The van der Waals surface area contributed by atoms with Gasteiger partial charge in [0.15, 0.2) is 0 Å². The van der Waals surface area contributed by atoms with Gasteiger partial charge in [-0.1, -0.05) is 18.2 Å². The lowest BCUT2D eigenvalue weighted by Crippen LogP contribution is -2.40. The van der Waals surface area contributed by atoms with Crippen LogP contribution < -0.4 is 4.72 Å². The Morgan fingerprint density at radius 2 is 1.90 bits per heavy atom. The van der Waals surface area contributed by atoms with E-state index >= 15 is 0 Å². The lowest BCUT2D eigenvalue weighted by molar-refractivity contribution is 0.122. The fourth-order valence-corrected chi connectivity index (χ4v) is 3.56. The molecule has 1 aromatic carbocycles. The average molecular weight is 296 g/mol. The Morgan fingerprint density at radius 3 is 2.50 bits per heavy atom. The molecule has 112 valence electrons. The number of para-hydroxylation sites is 1. The lowest BCUT2D eigenvalue weighted by atomic mass is 9.98. The van der Waals surface area contributed by atoms with E-state index in [-0.39, 0.29) is 11.6 Å². The molecule has 1 heterocycles. The van der Waals surface area contributed by atoms with Gasteiger partial charge in [0.2, 0.25) is 10.0 Å². The molecule has 2 rings (SSSR count). The molecule has 0 bridgehead atoms. The summed E-state index contributed by atoms with van der Waals surface area (Å²) >= 11 is 0. The van der Waals surface area contributed by atoms with Crippen LogP contribution in [0.1, 0.15) is 45.2 Å². The van der Waals surface area contributed by atoms with Crippen LogP contribution in [-0.2, 0) is 10.0 Å². The molecule has 1 N–H and O–H groups in total. The van der Waals surface area contributed by atoms with Crippen LogP contribution in [-0.4, -0.2) is 31.7 Å². The van der Waals surface area contributed by atoms with E-state index in [4.69, 9.17) is 0 Å². The van der Waals surface area contributed by atoms with Crippen molar-refractivity contribution in [2.45, 2.75) is 45.2 Å². The molecule has 1 aliphatic rings. The van der Waals surface area contributed by atoms with Gasteiger partial charge in [-0.15, -0.1) is 0 Å². The third kappa shape index (κ3) is 3.52. The van der Waals surface area contributed by atoms with Crippen LogP contribution >= 0.6 is 0 Å². The standard InChI is InChI=1S/C15H24N2O2S/c1-15(2,3)17-11-7-10-14(17)12-8-5-6-9-13(12)16-20(4,18)19/h5-6,8-9,14,16H,7,10-11H2,1-4H3. The molecule has 5 heteroatoms. The number of sulfonamides is 1. The minimum Gasteiger partial charge on any atom is -0.291 e. The van der Waals surface area contributed by atoms with Crippen LogP contribution in [0.3, 0.4) is 0 Å². The topological polar surface area (TPSA) is 49.4 Å². The van der Waals surface area contributed by atoms with E-state index in [0.717, 1.165) is 24.9 Å². The molecule has 0 aromatic heterocycles. The highest BCUT2D eigenvalue weighted by Crippen LogP contribution is 2.40. The van der Waals surface area contributed by atoms with Crippen molar-refractivity contribution in [2.24, 2.45) is 0 Å². The fraction of sp³-hybridized carbons (Fsp3) is 0.600. The number of benzene rings is 1. The maximum Gasteiger partial charge on any atom is 0.229 e. The summed E-state index contributed by atoms with van der Waals surface area (Å²) in [4.78, 5) is 2.45. The van der Waals surface area contributed by atoms with Crippen LogP contribution in [0.15, 0.2) is 24.3 Å². The van der Waals surface area contributed by atoms with Gasteiger partial charge in [-0.3, -0.25) is 9.62 Å². The van der Waals surface area contributed by atoms with Crippen molar-refractivity contribution in [1.29, 1.82) is 0 Å². The first-order valence-electron chi connectivity index (χ1n) is 7.02. The number of hydrogen-bond donors (Lipinski definition) is 1. The minimum atomic E-state index is -3.25. The second-order valence-electron chi connectivity index (χ2n) is 6.48. The number of rotatable bonds is 3. The molecule has 0 spiro atoms. The number of anilines is 1. The van der Waals surface area contributed by atoms with Crippen molar-refractivity contribution < 1.29 is 8.42 Å². The molecule has 20 heavy (non-hydrogen) atoms. The number of hydrogen-bond acceptors (Lipinski definition) is 3. The largest absolute Gasteiger partial charge is 0.291 e. The molecule has 0 saturated carbocycles. The number of nitrogens with one attached hydrogen (secondary N) is 1. The van der Waals surface area contributed by atoms with E-state index < -0.39 is 10.0 Å². The maximum absolute atomic E-state index is 11.5. The van der Waals surface area contributed by atoms with Gasteiger partial charge >= 0.3 is 0 Å². The van der Waals surface area contributed by atoms with Gasteiger partial charge < -0.3 is 0 Å². The van der Waals surface area contributed by atoms with Gasteiger partial charge in [-0.05, 0) is 51.8 Å². The van der Waals surface area contributed by atoms with Crippen LogP contribution in [0.2, 0.25) is 0 Å². The highest BCUT2D eigenvalue weighted by atomic mass is 32.2. The Labute approximate surface area is 122 Å². The van der Waals surface area contributed by atoms with E-state index in [0.29, 0.717) is 5.69 Å². The van der Waals surface area contributed by atoms with Crippen molar-refractivity contribution in [2.75, 3.05) is 17.5 Å². The fourth-order valence-electron chi connectivity index (χ4n) is 2.97. The first-order valence-corrected chi connectivity index (χ1v) is 8.91. The molecule has 0 amide bonds. The summed E-state index contributed by atoms with van der Waals surface area (Å²) in [6, 6.07) is 7.99. The Morgan fingerprint density at radius 1 is 1.25 bits per heavy atom. The highest BCUT2D eigenvalue weighted by Gasteiger charge is 2.34. The molecule has 1 fully saturated rings. The summed E-state index contributed by atoms with van der Waals surface area (Å²) in [5.74, 6) is 0. The summed E-state index contributed by atoms with van der Waals surface area (Å²) in [5.41, 5.74) is 1.86. The Bertz CT molecular complexity index is 576. The normalized spacial score (nSPS) is 21.1. The zero-order valence-electron chi connectivity index (χ0n) is 12.7. The zero-order chi connectivity index (χ0) is 15.0. The molecule has 1 aromatic rings. The predicted molar refractivity (Wildman–Crippen MR) is 83.3 cm³/mol. The highest BCUT2D eigenvalue weighted by molar-refractivity contribution is 7.92. The number of nitrogens with zero attached hydrogens (tertiary/aromatic N) is 1. The van der Waals surface area contributed by atoms with Crippen molar-refractivity contribution in [3.05, 3.63) is 29.8 Å². The van der Waals surface area contributed by atoms with E-state index in [2.05, 4.69) is 30.4 Å². The molecule has 1 atom stereocenters. The van der Waals surface area contributed by atoms with E-state index in [9.17, 15) is 8.42 Å². The molecule has 0 radical (unpaired) electrons. The summed E-state index contributed by atoms with van der Waals surface area (Å²) in [6.45, 7) is 7.68. The van der Waals surface area contributed by atoms with Crippen LogP contribution in [0.25, 0.3) is 0 Å². The second kappa shape index (κ2) is 5.37. The summed E-state index contributed by atoms with van der Waals surface area (Å²) in [7, 11) is -3.25. The summed E-state index contributed by atoms with van der Waals surface area (Å²) in [6.07, 6.45) is 3.41. The molecular weight excluding hydrogens is 272 g/mol. The molecule has 1 unspecified atom stereocenters. The zero-order valence-corrected chi connectivity index (χ0v) is 13.5. The molecule has 4 nitrogen and oxygen atoms in total. The Balaban J connectivity index is 2.37. The smallest absolute Gasteiger partial charge is 0.229 e. The van der Waals surface area contributed by atoms with Gasteiger partial charge in [0.05, 0.1) is 11.9 Å².